The molecule has 8 nitrogen and oxygen atoms in total. The quantitative estimate of drug-likeness (QED) is 0.657. The van der Waals surface area contributed by atoms with Gasteiger partial charge in [0.2, 0.25) is 0 Å². The third kappa shape index (κ3) is 5.21. The van der Waals surface area contributed by atoms with Crippen molar-refractivity contribution in [3.63, 3.8) is 0 Å². The van der Waals surface area contributed by atoms with Gasteiger partial charge in [0.25, 0.3) is 0 Å². The van der Waals surface area contributed by atoms with Crippen LogP contribution in [0.3, 0.4) is 0 Å². The Balaban J connectivity index is 1.79. The molecule has 1 aromatic rings. The van der Waals surface area contributed by atoms with Crippen LogP contribution in [0.1, 0.15) is 67.2 Å². The highest BCUT2D eigenvalue weighted by Crippen LogP contribution is 2.37. The molecule has 0 saturated carbocycles. The van der Waals surface area contributed by atoms with Gasteiger partial charge in [0.1, 0.15) is 5.60 Å². The molecule has 0 bridgehead atoms. The van der Waals surface area contributed by atoms with E-state index in [1.54, 1.807) is 12.0 Å². The van der Waals surface area contributed by atoms with Crippen molar-refractivity contribution in [2.45, 2.75) is 78.3 Å². The number of methoxy groups -OCH3 is 1. The summed E-state index contributed by atoms with van der Waals surface area (Å²) in [5.74, 6) is 0. The number of aromatic nitrogens is 1. The topological polar surface area (TPSA) is 73.4 Å². The summed E-state index contributed by atoms with van der Waals surface area (Å²) in [6.07, 6.45) is 1.41. The lowest BCUT2D eigenvalue weighted by atomic mass is 9.76. The van der Waals surface area contributed by atoms with Crippen molar-refractivity contribution in [2.75, 3.05) is 38.2 Å². The van der Waals surface area contributed by atoms with Crippen molar-refractivity contribution in [1.29, 1.82) is 0 Å². The number of rotatable bonds is 4. The summed E-state index contributed by atoms with van der Waals surface area (Å²) in [7, 11) is 1.15. The van der Waals surface area contributed by atoms with Crippen LogP contribution in [0.25, 0.3) is 0 Å². The van der Waals surface area contributed by atoms with Crippen LogP contribution in [0.4, 0.5) is 10.5 Å². The normalized spacial score (nSPS) is 21.6. The molecule has 0 radical (unpaired) electrons. The Morgan fingerprint density at radius 3 is 2.19 bits per heavy atom. The number of nitrogens with zero attached hydrogens (tertiary/aromatic N) is 3. The number of amides is 1. The highest BCUT2D eigenvalue weighted by Gasteiger charge is 2.52. The standard InChI is InChI=1S/C23H38BN3O5/c1-16(29-9)19-18(24-31-22(5,6)23(7,8)32-24)14-17(15-25-19)26-10-12-27(13-11-26)20(28)30-21(2,3)4/h14-16H,10-13H2,1-9H3/t16-/m0/s1. The molecule has 0 unspecified atom stereocenters. The molecule has 1 amide bonds. The minimum Gasteiger partial charge on any atom is -0.444 e. The van der Waals surface area contributed by atoms with Crippen molar-refractivity contribution in [2.24, 2.45) is 0 Å². The predicted molar refractivity (Wildman–Crippen MR) is 125 cm³/mol. The molecule has 3 heterocycles. The van der Waals surface area contributed by atoms with Gasteiger partial charge in [-0.25, -0.2) is 4.79 Å². The van der Waals surface area contributed by atoms with E-state index in [1.165, 1.54) is 0 Å². The Morgan fingerprint density at radius 2 is 1.69 bits per heavy atom. The minimum atomic E-state index is -0.525. The molecule has 0 N–H and O–H groups in total. The smallest absolute Gasteiger partial charge is 0.444 e. The first-order chi connectivity index (χ1) is 14.7. The Labute approximate surface area is 192 Å². The average Bonchev–Trinajstić information content (AvgIpc) is 2.93. The molecule has 1 aromatic heterocycles. The number of ether oxygens (including phenoxy) is 2. The maximum atomic E-state index is 12.4. The number of pyridine rings is 1. The van der Waals surface area contributed by atoms with Gasteiger partial charge >= 0.3 is 13.2 Å². The van der Waals surface area contributed by atoms with Gasteiger partial charge in [0.05, 0.1) is 34.9 Å². The zero-order valence-electron chi connectivity index (χ0n) is 21.0. The largest absolute Gasteiger partial charge is 0.496 e. The molecular formula is C23H38BN3O5. The van der Waals surface area contributed by atoms with E-state index in [0.29, 0.717) is 26.2 Å². The molecule has 2 aliphatic rings. The lowest BCUT2D eigenvalue weighted by molar-refractivity contribution is 0.00578. The number of piperazine rings is 1. The summed E-state index contributed by atoms with van der Waals surface area (Å²) in [6.45, 7) is 18.4. The van der Waals surface area contributed by atoms with Gasteiger partial charge in [-0.15, -0.1) is 0 Å². The van der Waals surface area contributed by atoms with Crippen molar-refractivity contribution >= 4 is 24.4 Å². The third-order valence-corrected chi connectivity index (χ3v) is 6.48. The molecule has 2 aliphatic heterocycles. The van der Waals surface area contributed by atoms with E-state index in [2.05, 4.69) is 11.0 Å². The van der Waals surface area contributed by atoms with E-state index >= 15 is 0 Å². The van der Waals surface area contributed by atoms with Gasteiger partial charge in [0.15, 0.2) is 0 Å². The van der Waals surface area contributed by atoms with E-state index in [0.717, 1.165) is 16.8 Å². The van der Waals surface area contributed by atoms with Crippen molar-refractivity contribution in [3.8, 4) is 0 Å². The highest BCUT2D eigenvalue weighted by molar-refractivity contribution is 6.62. The fourth-order valence-corrected chi connectivity index (χ4v) is 3.74. The summed E-state index contributed by atoms with van der Waals surface area (Å²) in [6, 6.07) is 2.09. The van der Waals surface area contributed by atoms with Crippen LogP contribution in [0.15, 0.2) is 12.3 Å². The summed E-state index contributed by atoms with van der Waals surface area (Å²) in [4.78, 5) is 21.1. The third-order valence-electron chi connectivity index (χ3n) is 6.48. The maximum Gasteiger partial charge on any atom is 0.496 e. The fourth-order valence-electron chi connectivity index (χ4n) is 3.74. The Hall–Kier alpha value is -1.84. The summed E-state index contributed by atoms with van der Waals surface area (Å²) in [5.41, 5.74) is 1.28. The molecule has 0 aromatic carbocycles. The van der Waals surface area contributed by atoms with E-state index in [-0.39, 0.29) is 12.2 Å². The number of anilines is 1. The molecule has 1 atom stereocenters. The van der Waals surface area contributed by atoms with Crippen LogP contribution in [-0.2, 0) is 18.8 Å². The zero-order valence-corrected chi connectivity index (χ0v) is 21.0. The Kier molecular flexibility index (Phi) is 6.85. The fraction of sp³-hybridized carbons (Fsp3) is 0.739. The number of carbonyl (C=O) groups is 1. The monoisotopic (exact) mass is 447 g/mol. The molecule has 32 heavy (non-hydrogen) atoms. The molecule has 0 spiro atoms. The number of hydrogen-bond donors (Lipinski definition) is 0. The van der Waals surface area contributed by atoms with Gasteiger partial charge in [-0.3, -0.25) is 4.98 Å². The maximum absolute atomic E-state index is 12.4. The van der Waals surface area contributed by atoms with Crippen molar-refractivity contribution < 1.29 is 23.6 Å². The average molecular weight is 447 g/mol. The second-order valence-corrected chi connectivity index (χ2v) is 10.6. The number of hydrogen-bond acceptors (Lipinski definition) is 7. The Bertz CT molecular complexity index is 815. The van der Waals surface area contributed by atoms with E-state index in [9.17, 15) is 4.79 Å². The second kappa shape index (κ2) is 8.84. The van der Waals surface area contributed by atoms with Crippen LogP contribution < -0.4 is 10.4 Å². The van der Waals surface area contributed by atoms with Crippen LogP contribution in [0.2, 0.25) is 0 Å². The van der Waals surface area contributed by atoms with E-state index < -0.39 is 23.9 Å². The lowest BCUT2D eigenvalue weighted by Gasteiger charge is -2.37. The van der Waals surface area contributed by atoms with Gasteiger partial charge in [-0.2, -0.15) is 0 Å². The Morgan fingerprint density at radius 1 is 1.12 bits per heavy atom. The first-order valence-electron chi connectivity index (χ1n) is 11.4. The van der Waals surface area contributed by atoms with Crippen LogP contribution in [0, 0.1) is 0 Å². The first-order valence-corrected chi connectivity index (χ1v) is 11.4. The predicted octanol–water partition coefficient (Wildman–Crippen LogP) is 3.15. The van der Waals surface area contributed by atoms with Gasteiger partial charge in [-0.1, -0.05) is 0 Å². The van der Waals surface area contributed by atoms with Crippen molar-refractivity contribution in [1.82, 2.24) is 9.88 Å². The van der Waals surface area contributed by atoms with Crippen LogP contribution in [-0.4, -0.2) is 73.2 Å². The van der Waals surface area contributed by atoms with E-state index in [1.807, 2.05) is 61.6 Å². The molecule has 3 rings (SSSR count). The first kappa shape index (κ1) is 24.8. The molecule has 2 fully saturated rings. The highest BCUT2D eigenvalue weighted by atomic mass is 16.7. The molecule has 0 aliphatic carbocycles. The van der Waals surface area contributed by atoms with Crippen molar-refractivity contribution in [3.05, 3.63) is 18.0 Å². The molecule has 9 heteroatoms. The summed E-state index contributed by atoms with van der Waals surface area (Å²) in [5, 5.41) is 0. The van der Waals surface area contributed by atoms with Gasteiger partial charge in [-0.05, 0) is 61.5 Å². The number of carbonyl (C=O) groups excluding carboxylic acids is 1. The molecular weight excluding hydrogens is 409 g/mol. The molecule has 178 valence electrons. The second-order valence-electron chi connectivity index (χ2n) is 10.6. The zero-order chi connectivity index (χ0) is 23.9. The van der Waals surface area contributed by atoms with Gasteiger partial charge in [0, 0.05) is 38.8 Å². The summed E-state index contributed by atoms with van der Waals surface area (Å²) < 4.78 is 23.7. The summed E-state index contributed by atoms with van der Waals surface area (Å²) >= 11 is 0. The van der Waals surface area contributed by atoms with E-state index in [4.69, 9.17) is 23.8 Å². The minimum absolute atomic E-state index is 0.193. The SMILES string of the molecule is CO[C@@H](C)c1ncc(N2CCN(C(=O)OC(C)(C)C)CC2)cc1B1OC(C)(C)C(C)(C)O1. The van der Waals surface area contributed by atoms with Crippen LogP contribution >= 0.6 is 0 Å². The molecule has 2 saturated heterocycles. The van der Waals surface area contributed by atoms with Gasteiger partial charge < -0.3 is 28.6 Å². The van der Waals surface area contributed by atoms with Crippen LogP contribution in [0.5, 0.6) is 0 Å². The lowest BCUT2D eigenvalue weighted by Crippen LogP contribution is -2.50.